The molecule has 0 spiro atoms. The number of allylic oxidation sites excluding steroid dienone is 1. The molecule has 2 aromatic heterocycles. The van der Waals surface area contributed by atoms with Gasteiger partial charge < -0.3 is 4.42 Å². The summed E-state index contributed by atoms with van der Waals surface area (Å²) in [5, 5.41) is 13.2. The molecule has 0 fully saturated rings. The lowest BCUT2D eigenvalue weighted by Gasteiger charge is -2.10. The molecule has 154 valence electrons. The molecule has 0 aliphatic rings. The molecule has 0 radical (unpaired) electrons. The van der Waals surface area contributed by atoms with Gasteiger partial charge in [0.05, 0.1) is 12.0 Å². The molecule has 2 aromatic carbocycles. The Morgan fingerprint density at radius 2 is 1.81 bits per heavy atom. The predicted octanol–water partition coefficient (Wildman–Crippen LogP) is 4.43. The highest BCUT2D eigenvalue weighted by atomic mass is 32.2. The van der Waals surface area contributed by atoms with Gasteiger partial charge in [0.25, 0.3) is 5.91 Å². The SMILES string of the molecule is O=C(CSc1nnc(-c2ccccc2)n1-c1ccccc1)N/N=C/C=C/c1ccco1. The van der Waals surface area contributed by atoms with Crippen molar-refractivity contribution in [2.75, 3.05) is 5.75 Å². The van der Waals surface area contributed by atoms with Crippen LogP contribution in [0, 0.1) is 0 Å². The summed E-state index contributed by atoms with van der Waals surface area (Å²) in [4.78, 5) is 12.2. The van der Waals surface area contributed by atoms with E-state index in [2.05, 4.69) is 20.7 Å². The van der Waals surface area contributed by atoms with Crippen molar-refractivity contribution in [2.45, 2.75) is 5.16 Å². The number of thioether (sulfide) groups is 1. The molecule has 0 aliphatic carbocycles. The minimum atomic E-state index is -0.239. The maximum atomic E-state index is 12.2. The molecule has 0 bridgehead atoms. The van der Waals surface area contributed by atoms with Gasteiger partial charge in [0.15, 0.2) is 11.0 Å². The molecule has 0 atom stereocenters. The van der Waals surface area contributed by atoms with Gasteiger partial charge in [-0.3, -0.25) is 9.36 Å². The second-order valence-corrected chi connectivity index (χ2v) is 7.26. The van der Waals surface area contributed by atoms with E-state index in [-0.39, 0.29) is 11.7 Å². The van der Waals surface area contributed by atoms with E-state index >= 15 is 0 Å². The van der Waals surface area contributed by atoms with Crippen LogP contribution in [0.5, 0.6) is 0 Å². The molecule has 0 saturated heterocycles. The Labute approximate surface area is 183 Å². The Morgan fingerprint density at radius 1 is 1.03 bits per heavy atom. The van der Waals surface area contributed by atoms with Gasteiger partial charge in [-0.2, -0.15) is 5.10 Å². The third-order valence-electron chi connectivity index (χ3n) is 4.17. The van der Waals surface area contributed by atoms with Crippen molar-refractivity contribution in [1.82, 2.24) is 20.2 Å². The van der Waals surface area contributed by atoms with Crippen LogP contribution in [0.15, 0.2) is 99.8 Å². The van der Waals surface area contributed by atoms with E-state index in [1.807, 2.05) is 71.3 Å². The third kappa shape index (κ3) is 5.37. The average Bonchev–Trinajstić information content (AvgIpc) is 3.48. The number of rotatable bonds is 8. The van der Waals surface area contributed by atoms with Crippen LogP contribution in [0.3, 0.4) is 0 Å². The Balaban J connectivity index is 1.43. The van der Waals surface area contributed by atoms with Gasteiger partial charge in [-0.1, -0.05) is 60.3 Å². The van der Waals surface area contributed by atoms with Crippen molar-refractivity contribution in [1.29, 1.82) is 0 Å². The van der Waals surface area contributed by atoms with Crippen LogP contribution in [-0.4, -0.2) is 32.6 Å². The molecule has 0 aliphatic heterocycles. The quantitative estimate of drug-likeness (QED) is 0.254. The second kappa shape index (κ2) is 10.2. The molecule has 31 heavy (non-hydrogen) atoms. The van der Waals surface area contributed by atoms with Gasteiger partial charge in [-0.05, 0) is 36.4 Å². The van der Waals surface area contributed by atoms with Crippen LogP contribution in [0.4, 0.5) is 0 Å². The zero-order valence-electron chi connectivity index (χ0n) is 16.5. The predicted molar refractivity (Wildman–Crippen MR) is 122 cm³/mol. The first-order chi connectivity index (χ1) is 15.3. The van der Waals surface area contributed by atoms with E-state index in [0.717, 1.165) is 17.1 Å². The molecule has 8 heteroatoms. The number of hydrogen-bond donors (Lipinski definition) is 1. The Bertz CT molecular complexity index is 1170. The fourth-order valence-electron chi connectivity index (χ4n) is 2.79. The van der Waals surface area contributed by atoms with Crippen LogP contribution in [0.1, 0.15) is 5.76 Å². The lowest BCUT2D eigenvalue weighted by atomic mass is 10.2. The molecule has 2 heterocycles. The summed E-state index contributed by atoms with van der Waals surface area (Å²) >= 11 is 1.30. The second-order valence-electron chi connectivity index (χ2n) is 6.32. The highest BCUT2D eigenvalue weighted by Crippen LogP contribution is 2.27. The number of nitrogens with zero attached hydrogens (tertiary/aromatic N) is 4. The number of hydrazone groups is 1. The van der Waals surface area contributed by atoms with Gasteiger partial charge in [-0.25, -0.2) is 5.43 Å². The standard InChI is InChI=1S/C23H19N5O2S/c29-21(25-24-15-7-13-20-14-8-16-30-20)17-31-23-27-26-22(18-9-3-1-4-10-18)28(23)19-11-5-2-6-12-19/h1-16H,17H2,(H,25,29)/b13-7+,24-15+. The molecule has 0 unspecified atom stereocenters. The molecular formula is C23H19N5O2S. The molecule has 0 saturated carbocycles. The maximum absolute atomic E-state index is 12.2. The van der Waals surface area contributed by atoms with Crippen molar-refractivity contribution in [3.05, 3.63) is 90.9 Å². The fraction of sp³-hybridized carbons (Fsp3) is 0.0435. The van der Waals surface area contributed by atoms with E-state index < -0.39 is 0 Å². The summed E-state index contributed by atoms with van der Waals surface area (Å²) < 4.78 is 7.12. The number of para-hydroxylation sites is 1. The summed E-state index contributed by atoms with van der Waals surface area (Å²) in [7, 11) is 0. The highest BCUT2D eigenvalue weighted by molar-refractivity contribution is 7.99. The van der Waals surface area contributed by atoms with Crippen LogP contribution in [-0.2, 0) is 4.79 Å². The third-order valence-corrected chi connectivity index (χ3v) is 5.09. The first kappa shape index (κ1) is 20.4. The van der Waals surface area contributed by atoms with Gasteiger partial charge in [-0.15, -0.1) is 10.2 Å². The van der Waals surface area contributed by atoms with Crippen molar-refractivity contribution in [3.63, 3.8) is 0 Å². The zero-order valence-corrected chi connectivity index (χ0v) is 17.3. The number of carbonyl (C=O) groups is 1. The van der Waals surface area contributed by atoms with Crippen LogP contribution in [0.2, 0.25) is 0 Å². The summed E-state index contributed by atoms with van der Waals surface area (Å²) in [6.07, 6.45) is 6.51. The molecule has 4 aromatic rings. The first-order valence-electron chi connectivity index (χ1n) is 9.52. The number of carbonyl (C=O) groups excluding carboxylic acids is 1. The van der Waals surface area contributed by atoms with Crippen molar-refractivity contribution in [3.8, 4) is 17.1 Å². The lowest BCUT2D eigenvalue weighted by Crippen LogP contribution is -2.19. The van der Waals surface area contributed by atoms with E-state index in [0.29, 0.717) is 10.9 Å². The Kier molecular flexibility index (Phi) is 6.71. The smallest absolute Gasteiger partial charge is 0.250 e. The lowest BCUT2D eigenvalue weighted by molar-refractivity contribution is -0.118. The normalized spacial score (nSPS) is 11.4. The molecule has 7 nitrogen and oxygen atoms in total. The average molecular weight is 430 g/mol. The number of aromatic nitrogens is 3. The Morgan fingerprint density at radius 3 is 2.55 bits per heavy atom. The van der Waals surface area contributed by atoms with Crippen LogP contribution >= 0.6 is 11.8 Å². The zero-order chi connectivity index (χ0) is 21.3. The molecular weight excluding hydrogens is 410 g/mol. The van der Waals surface area contributed by atoms with E-state index in [1.54, 1.807) is 24.5 Å². The first-order valence-corrected chi connectivity index (χ1v) is 10.5. The van der Waals surface area contributed by atoms with Gasteiger partial charge in [0, 0.05) is 17.5 Å². The number of benzene rings is 2. The number of furan rings is 1. The fourth-order valence-corrected chi connectivity index (χ4v) is 3.53. The minimum absolute atomic E-state index is 0.152. The molecule has 4 rings (SSSR count). The summed E-state index contributed by atoms with van der Waals surface area (Å²) in [6.45, 7) is 0. The summed E-state index contributed by atoms with van der Waals surface area (Å²) in [6, 6.07) is 23.3. The largest absolute Gasteiger partial charge is 0.465 e. The Hall–Kier alpha value is -3.91. The minimum Gasteiger partial charge on any atom is -0.465 e. The van der Waals surface area contributed by atoms with Crippen LogP contribution < -0.4 is 5.43 Å². The topological polar surface area (TPSA) is 85.3 Å². The molecule has 1 amide bonds. The highest BCUT2D eigenvalue weighted by Gasteiger charge is 2.16. The number of nitrogens with one attached hydrogen (secondary N) is 1. The van der Waals surface area contributed by atoms with Crippen LogP contribution in [0.25, 0.3) is 23.2 Å². The summed E-state index contributed by atoms with van der Waals surface area (Å²) in [5.41, 5.74) is 4.37. The maximum Gasteiger partial charge on any atom is 0.250 e. The molecule has 1 N–H and O–H groups in total. The van der Waals surface area contributed by atoms with E-state index in [1.165, 1.54) is 18.0 Å². The van der Waals surface area contributed by atoms with Crippen molar-refractivity contribution < 1.29 is 9.21 Å². The van der Waals surface area contributed by atoms with Gasteiger partial charge in [0.1, 0.15) is 5.76 Å². The number of amides is 1. The van der Waals surface area contributed by atoms with E-state index in [4.69, 9.17) is 4.42 Å². The van der Waals surface area contributed by atoms with Gasteiger partial charge in [0.2, 0.25) is 0 Å². The monoisotopic (exact) mass is 429 g/mol. The van der Waals surface area contributed by atoms with Crippen molar-refractivity contribution >= 4 is 30.0 Å². The van der Waals surface area contributed by atoms with E-state index in [9.17, 15) is 4.79 Å². The summed E-state index contributed by atoms with van der Waals surface area (Å²) in [5.74, 6) is 1.34. The number of hydrogen-bond acceptors (Lipinski definition) is 6. The van der Waals surface area contributed by atoms with Gasteiger partial charge >= 0.3 is 0 Å². The van der Waals surface area contributed by atoms with Crippen molar-refractivity contribution in [2.24, 2.45) is 5.10 Å².